The van der Waals surface area contributed by atoms with E-state index < -0.39 is 11.9 Å². The third-order valence-electron chi connectivity index (χ3n) is 4.50. The second-order valence-corrected chi connectivity index (χ2v) is 6.30. The Kier molecular flexibility index (Phi) is 4.65. The SMILES string of the molecule is C[C@@H]1CN(C(=O)Cn2nc(-c3ccccc3)ccc2=O)C[C@H]1C(=O)O. The molecule has 2 aromatic rings. The van der Waals surface area contributed by atoms with Crippen LogP contribution in [0.2, 0.25) is 0 Å². The topological polar surface area (TPSA) is 92.5 Å². The Morgan fingerprint density at radius 1 is 1.16 bits per heavy atom. The van der Waals surface area contributed by atoms with Crippen LogP contribution in [-0.4, -0.2) is 44.8 Å². The molecule has 7 heteroatoms. The average molecular weight is 341 g/mol. The van der Waals surface area contributed by atoms with E-state index in [1.54, 1.807) is 6.07 Å². The van der Waals surface area contributed by atoms with Crippen LogP contribution < -0.4 is 5.56 Å². The van der Waals surface area contributed by atoms with Crippen LogP contribution in [0, 0.1) is 11.8 Å². The number of carboxylic acid groups (broad SMARTS) is 1. The van der Waals surface area contributed by atoms with Gasteiger partial charge in [-0.15, -0.1) is 0 Å². The van der Waals surface area contributed by atoms with Gasteiger partial charge in [-0.2, -0.15) is 5.10 Å². The predicted octanol–water partition coefficient (Wildman–Crippen LogP) is 1.09. The molecule has 0 bridgehead atoms. The van der Waals surface area contributed by atoms with Gasteiger partial charge in [0.15, 0.2) is 0 Å². The van der Waals surface area contributed by atoms with E-state index in [4.69, 9.17) is 0 Å². The van der Waals surface area contributed by atoms with Crippen molar-refractivity contribution in [3.05, 3.63) is 52.8 Å². The van der Waals surface area contributed by atoms with E-state index in [0.717, 1.165) is 10.2 Å². The Bertz CT molecular complexity index is 847. The van der Waals surface area contributed by atoms with Crippen molar-refractivity contribution in [1.29, 1.82) is 0 Å². The highest BCUT2D eigenvalue weighted by molar-refractivity contribution is 5.78. The zero-order valence-corrected chi connectivity index (χ0v) is 13.8. The number of carbonyl (C=O) groups is 2. The first-order valence-electron chi connectivity index (χ1n) is 8.10. The molecule has 0 aliphatic carbocycles. The first-order chi connectivity index (χ1) is 12.0. The van der Waals surface area contributed by atoms with Gasteiger partial charge in [-0.3, -0.25) is 14.4 Å². The first-order valence-corrected chi connectivity index (χ1v) is 8.10. The zero-order chi connectivity index (χ0) is 18.0. The summed E-state index contributed by atoms with van der Waals surface area (Å²) in [6, 6.07) is 12.4. The van der Waals surface area contributed by atoms with Crippen LogP contribution in [0.1, 0.15) is 6.92 Å². The molecule has 0 spiro atoms. The van der Waals surface area contributed by atoms with Gasteiger partial charge in [0.2, 0.25) is 5.91 Å². The normalized spacial score (nSPS) is 19.8. The standard InChI is InChI=1S/C18H19N3O4/c1-12-9-20(10-14(12)18(24)25)17(23)11-21-16(22)8-7-15(19-21)13-5-3-2-4-6-13/h2-8,12,14H,9-11H2,1H3,(H,24,25)/t12-,14-/m1/s1. The van der Waals surface area contributed by atoms with E-state index in [1.165, 1.54) is 11.0 Å². The van der Waals surface area contributed by atoms with Crippen molar-refractivity contribution in [3.63, 3.8) is 0 Å². The van der Waals surface area contributed by atoms with Crippen molar-refractivity contribution in [2.45, 2.75) is 13.5 Å². The first kappa shape index (κ1) is 16.9. The number of carboxylic acids is 1. The van der Waals surface area contributed by atoms with Crippen molar-refractivity contribution < 1.29 is 14.7 Å². The summed E-state index contributed by atoms with van der Waals surface area (Å²) in [6.45, 7) is 2.16. The number of benzene rings is 1. The molecule has 1 amide bonds. The summed E-state index contributed by atoms with van der Waals surface area (Å²) in [5, 5.41) is 13.4. The molecule has 25 heavy (non-hydrogen) atoms. The summed E-state index contributed by atoms with van der Waals surface area (Å²) in [7, 11) is 0. The minimum Gasteiger partial charge on any atom is -0.481 e. The van der Waals surface area contributed by atoms with Crippen LogP contribution in [0.4, 0.5) is 0 Å². The maximum atomic E-state index is 12.5. The van der Waals surface area contributed by atoms with E-state index in [2.05, 4.69) is 5.10 Å². The molecular formula is C18H19N3O4. The molecule has 1 fully saturated rings. The van der Waals surface area contributed by atoms with Gasteiger partial charge in [-0.05, 0) is 12.0 Å². The third kappa shape index (κ3) is 3.60. The Labute approximate surface area is 144 Å². The lowest BCUT2D eigenvalue weighted by Gasteiger charge is -2.16. The molecule has 1 N–H and O–H groups in total. The largest absolute Gasteiger partial charge is 0.481 e. The number of amides is 1. The third-order valence-corrected chi connectivity index (χ3v) is 4.50. The van der Waals surface area contributed by atoms with Gasteiger partial charge in [0, 0.05) is 24.7 Å². The molecule has 0 unspecified atom stereocenters. The molecule has 0 radical (unpaired) electrons. The number of carbonyl (C=O) groups excluding carboxylic acids is 1. The maximum Gasteiger partial charge on any atom is 0.308 e. The Morgan fingerprint density at radius 2 is 1.88 bits per heavy atom. The number of hydrogen-bond acceptors (Lipinski definition) is 4. The highest BCUT2D eigenvalue weighted by atomic mass is 16.4. The molecule has 0 saturated carbocycles. The van der Waals surface area contributed by atoms with Gasteiger partial charge in [0.1, 0.15) is 6.54 Å². The van der Waals surface area contributed by atoms with Gasteiger partial charge < -0.3 is 10.0 Å². The second kappa shape index (κ2) is 6.88. The van der Waals surface area contributed by atoms with E-state index in [9.17, 15) is 19.5 Å². The summed E-state index contributed by atoms with van der Waals surface area (Å²) in [5.74, 6) is -1.87. The molecular weight excluding hydrogens is 322 g/mol. The van der Waals surface area contributed by atoms with Gasteiger partial charge in [-0.1, -0.05) is 37.3 Å². The van der Waals surface area contributed by atoms with Crippen molar-refractivity contribution in [3.8, 4) is 11.3 Å². The van der Waals surface area contributed by atoms with E-state index in [0.29, 0.717) is 12.2 Å². The molecule has 1 aromatic heterocycles. The summed E-state index contributed by atoms with van der Waals surface area (Å²) >= 11 is 0. The van der Waals surface area contributed by atoms with Crippen molar-refractivity contribution >= 4 is 11.9 Å². The van der Waals surface area contributed by atoms with Crippen molar-refractivity contribution in [2.75, 3.05) is 13.1 Å². The smallest absolute Gasteiger partial charge is 0.308 e. The lowest BCUT2D eigenvalue weighted by atomic mass is 9.99. The van der Waals surface area contributed by atoms with Crippen molar-refractivity contribution in [1.82, 2.24) is 14.7 Å². The van der Waals surface area contributed by atoms with Crippen LogP contribution >= 0.6 is 0 Å². The molecule has 1 aliphatic heterocycles. The Hall–Kier alpha value is -2.96. The molecule has 1 aliphatic rings. The van der Waals surface area contributed by atoms with E-state index >= 15 is 0 Å². The van der Waals surface area contributed by atoms with Gasteiger partial charge in [0.05, 0.1) is 11.6 Å². The minimum atomic E-state index is -0.899. The lowest BCUT2D eigenvalue weighted by molar-refractivity contribution is -0.142. The Balaban J connectivity index is 1.78. The fraction of sp³-hybridized carbons (Fsp3) is 0.333. The van der Waals surface area contributed by atoms with Crippen molar-refractivity contribution in [2.24, 2.45) is 11.8 Å². The van der Waals surface area contributed by atoms with E-state index in [1.807, 2.05) is 37.3 Å². The van der Waals surface area contributed by atoms with Gasteiger partial charge in [-0.25, -0.2) is 4.68 Å². The highest BCUT2D eigenvalue weighted by Crippen LogP contribution is 2.23. The van der Waals surface area contributed by atoms with Gasteiger partial charge in [0.25, 0.3) is 5.56 Å². The molecule has 3 rings (SSSR count). The molecule has 2 heterocycles. The number of aliphatic carboxylic acids is 1. The Morgan fingerprint density at radius 3 is 2.52 bits per heavy atom. The summed E-state index contributed by atoms with van der Waals surface area (Å²) in [4.78, 5) is 37.2. The van der Waals surface area contributed by atoms with Crippen LogP contribution in [0.5, 0.6) is 0 Å². The summed E-state index contributed by atoms with van der Waals surface area (Å²) in [5.41, 5.74) is 1.09. The molecule has 1 saturated heterocycles. The number of aromatic nitrogens is 2. The van der Waals surface area contributed by atoms with Crippen LogP contribution in [-0.2, 0) is 16.1 Å². The summed E-state index contributed by atoms with van der Waals surface area (Å²) < 4.78 is 1.13. The number of rotatable bonds is 4. The zero-order valence-electron chi connectivity index (χ0n) is 13.8. The predicted molar refractivity (Wildman–Crippen MR) is 90.8 cm³/mol. The number of nitrogens with zero attached hydrogens (tertiary/aromatic N) is 3. The fourth-order valence-electron chi connectivity index (χ4n) is 3.05. The fourth-order valence-corrected chi connectivity index (χ4v) is 3.05. The van der Waals surface area contributed by atoms with Crippen LogP contribution in [0.25, 0.3) is 11.3 Å². The monoisotopic (exact) mass is 341 g/mol. The second-order valence-electron chi connectivity index (χ2n) is 6.30. The summed E-state index contributed by atoms with van der Waals surface area (Å²) in [6.07, 6.45) is 0. The number of likely N-dealkylation sites (tertiary alicyclic amines) is 1. The number of hydrogen-bond donors (Lipinski definition) is 1. The average Bonchev–Trinajstić information content (AvgIpc) is 3.00. The highest BCUT2D eigenvalue weighted by Gasteiger charge is 2.36. The van der Waals surface area contributed by atoms with Crippen LogP contribution in [0.3, 0.4) is 0 Å². The molecule has 130 valence electrons. The maximum absolute atomic E-state index is 12.5. The van der Waals surface area contributed by atoms with Crippen LogP contribution in [0.15, 0.2) is 47.3 Å². The molecule has 2 atom stereocenters. The lowest BCUT2D eigenvalue weighted by Crippen LogP contribution is -2.36. The molecule has 7 nitrogen and oxygen atoms in total. The van der Waals surface area contributed by atoms with Gasteiger partial charge >= 0.3 is 5.97 Å². The quantitative estimate of drug-likeness (QED) is 0.899. The van der Waals surface area contributed by atoms with E-state index in [-0.39, 0.29) is 30.5 Å². The minimum absolute atomic E-state index is 0.109. The molecule has 1 aromatic carbocycles.